The number of nitrogens with zero attached hydrogens (tertiary/aromatic N) is 2. The molecule has 0 spiro atoms. The van der Waals surface area contributed by atoms with Gasteiger partial charge in [-0.15, -0.1) is 0 Å². The molecule has 3 rings (SSSR count). The minimum Gasteiger partial charge on any atom is -0.484 e. The van der Waals surface area contributed by atoms with Gasteiger partial charge < -0.3 is 14.5 Å². The summed E-state index contributed by atoms with van der Waals surface area (Å²) in [5.41, 5.74) is 1.47. The van der Waals surface area contributed by atoms with E-state index in [1.54, 1.807) is 0 Å². The van der Waals surface area contributed by atoms with E-state index in [1.807, 2.05) is 24.3 Å². The molecule has 148 valence electrons. The van der Waals surface area contributed by atoms with Gasteiger partial charge in [0.05, 0.1) is 11.3 Å². The van der Waals surface area contributed by atoms with Crippen LogP contribution in [0.15, 0.2) is 48.8 Å². The summed E-state index contributed by atoms with van der Waals surface area (Å²) < 4.78 is 45.0. The smallest absolute Gasteiger partial charge is 0.417 e. The number of pyridine rings is 1. The van der Waals surface area contributed by atoms with Gasteiger partial charge in [-0.05, 0) is 36.2 Å². The fourth-order valence-electron chi connectivity index (χ4n) is 2.68. The van der Waals surface area contributed by atoms with E-state index in [-0.39, 0.29) is 12.5 Å². The van der Waals surface area contributed by atoms with Gasteiger partial charge in [0, 0.05) is 25.4 Å². The number of fused-ring (bicyclic) bond motifs is 1. The Morgan fingerprint density at radius 1 is 1.14 bits per heavy atom. The van der Waals surface area contributed by atoms with Crippen molar-refractivity contribution in [3.8, 4) is 5.75 Å². The number of carbonyl (C=O) groups excluding carboxylic acids is 1. The maximum Gasteiger partial charge on any atom is 0.417 e. The molecule has 2 aromatic heterocycles. The number of nitrogens with one attached hydrogen (secondary N) is 1. The number of aryl methyl sites for hydroxylation is 1. The average molecular weight is 391 g/mol. The van der Waals surface area contributed by atoms with Crippen LogP contribution in [0.2, 0.25) is 0 Å². The maximum atomic E-state index is 12.8. The number of imidazole rings is 1. The number of halogens is 3. The topological polar surface area (TPSA) is 55.6 Å². The van der Waals surface area contributed by atoms with E-state index in [1.165, 1.54) is 22.2 Å². The standard InChI is InChI=1S/C20H20F3N3O2/c1-2-14-3-6-17(7-4-14)28-13-19(27)24-10-9-16-12-26-11-15(20(21,22)23)5-8-18(26)25-16/h3-8,11-12H,2,9-10,13H2,1H3,(H,24,27). The lowest BCUT2D eigenvalue weighted by Gasteiger charge is -2.07. The lowest BCUT2D eigenvalue weighted by Crippen LogP contribution is -2.30. The summed E-state index contributed by atoms with van der Waals surface area (Å²) in [6.45, 7) is 2.26. The van der Waals surface area contributed by atoms with Crippen LogP contribution >= 0.6 is 0 Å². The zero-order valence-electron chi connectivity index (χ0n) is 15.3. The highest BCUT2D eigenvalue weighted by atomic mass is 19.4. The Labute approximate surface area is 160 Å². The predicted octanol–water partition coefficient (Wildman–Crippen LogP) is 3.65. The van der Waals surface area contributed by atoms with E-state index in [2.05, 4.69) is 17.2 Å². The zero-order chi connectivity index (χ0) is 20.1. The molecule has 3 aromatic rings. The fourth-order valence-corrected chi connectivity index (χ4v) is 2.68. The van der Waals surface area contributed by atoms with Crippen LogP contribution in [0.5, 0.6) is 5.75 Å². The summed E-state index contributed by atoms with van der Waals surface area (Å²) >= 11 is 0. The van der Waals surface area contributed by atoms with E-state index < -0.39 is 11.7 Å². The van der Waals surface area contributed by atoms with E-state index in [4.69, 9.17) is 4.74 Å². The molecule has 1 N–H and O–H groups in total. The van der Waals surface area contributed by atoms with Crippen molar-refractivity contribution in [2.24, 2.45) is 0 Å². The van der Waals surface area contributed by atoms with Crippen molar-refractivity contribution in [1.29, 1.82) is 0 Å². The molecule has 2 heterocycles. The molecule has 1 amide bonds. The molecule has 5 nitrogen and oxygen atoms in total. The maximum absolute atomic E-state index is 12.8. The van der Waals surface area contributed by atoms with Crippen molar-refractivity contribution in [2.75, 3.05) is 13.2 Å². The Morgan fingerprint density at radius 2 is 1.89 bits per heavy atom. The lowest BCUT2D eigenvalue weighted by molar-refractivity contribution is -0.137. The van der Waals surface area contributed by atoms with Crippen molar-refractivity contribution in [3.05, 3.63) is 65.6 Å². The number of hydrogen-bond donors (Lipinski definition) is 1. The van der Waals surface area contributed by atoms with Gasteiger partial charge in [0.25, 0.3) is 5.91 Å². The monoisotopic (exact) mass is 391 g/mol. The number of alkyl halides is 3. The molecule has 0 saturated carbocycles. The van der Waals surface area contributed by atoms with Crippen LogP contribution < -0.4 is 10.1 Å². The number of benzene rings is 1. The number of carbonyl (C=O) groups is 1. The van der Waals surface area contributed by atoms with Crippen molar-refractivity contribution < 1.29 is 22.7 Å². The van der Waals surface area contributed by atoms with Gasteiger partial charge in [-0.2, -0.15) is 13.2 Å². The fraction of sp³-hybridized carbons (Fsp3) is 0.300. The first kappa shape index (κ1) is 19.7. The minimum absolute atomic E-state index is 0.106. The van der Waals surface area contributed by atoms with E-state index in [0.29, 0.717) is 30.1 Å². The molecule has 0 aliphatic carbocycles. The number of amides is 1. The van der Waals surface area contributed by atoms with Gasteiger partial charge in [-0.25, -0.2) is 4.98 Å². The molecular weight excluding hydrogens is 371 g/mol. The van der Waals surface area contributed by atoms with Crippen molar-refractivity contribution in [1.82, 2.24) is 14.7 Å². The van der Waals surface area contributed by atoms with Crippen LogP contribution in [0.4, 0.5) is 13.2 Å². The Hall–Kier alpha value is -3.03. The van der Waals surface area contributed by atoms with Crippen LogP contribution in [-0.4, -0.2) is 28.4 Å². The summed E-state index contributed by atoms with van der Waals surface area (Å²) in [4.78, 5) is 16.1. The highest BCUT2D eigenvalue weighted by Gasteiger charge is 2.30. The van der Waals surface area contributed by atoms with Gasteiger partial charge in [-0.1, -0.05) is 19.1 Å². The van der Waals surface area contributed by atoms with Gasteiger partial charge in [0.1, 0.15) is 11.4 Å². The summed E-state index contributed by atoms with van der Waals surface area (Å²) in [7, 11) is 0. The van der Waals surface area contributed by atoms with E-state index >= 15 is 0 Å². The van der Waals surface area contributed by atoms with E-state index in [0.717, 1.165) is 18.7 Å². The van der Waals surface area contributed by atoms with Gasteiger partial charge in [0.2, 0.25) is 0 Å². The van der Waals surface area contributed by atoms with Crippen molar-refractivity contribution in [3.63, 3.8) is 0 Å². The molecule has 28 heavy (non-hydrogen) atoms. The first-order valence-electron chi connectivity index (χ1n) is 8.88. The number of aromatic nitrogens is 2. The van der Waals surface area contributed by atoms with Crippen LogP contribution in [0.1, 0.15) is 23.7 Å². The van der Waals surface area contributed by atoms with Gasteiger partial charge in [0.15, 0.2) is 6.61 Å². The SMILES string of the molecule is CCc1ccc(OCC(=O)NCCc2cn3cc(C(F)(F)F)ccc3n2)cc1. The molecule has 0 aliphatic heterocycles. The highest BCUT2D eigenvalue weighted by Crippen LogP contribution is 2.29. The second kappa shape index (κ2) is 8.33. The normalized spacial score (nSPS) is 11.6. The van der Waals surface area contributed by atoms with Crippen LogP contribution in [0.3, 0.4) is 0 Å². The second-order valence-electron chi connectivity index (χ2n) is 6.30. The Morgan fingerprint density at radius 3 is 2.57 bits per heavy atom. The number of hydrogen-bond acceptors (Lipinski definition) is 3. The average Bonchev–Trinajstić information content (AvgIpc) is 3.08. The molecule has 0 radical (unpaired) electrons. The molecule has 0 unspecified atom stereocenters. The summed E-state index contributed by atoms with van der Waals surface area (Å²) in [5, 5.41) is 2.71. The number of rotatable bonds is 7. The zero-order valence-corrected chi connectivity index (χ0v) is 15.3. The second-order valence-corrected chi connectivity index (χ2v) is 6.30. The molecule has 0 fully saturated rings. The predicted molar refractivity (Wildman–Crippen MR) is 98.2 cm³/mol. The molecule has 0 bridgehead atoms. The third kappa shape index (κ3) is 5.03. The third-order valence-electron chi connectivity index (χ3n) is 4.23. The van der Waals surface area contributed by atoms with Crippen LogP contribution in [0, 0.1) is 0 Å². The summed E-state index contributed by atoms with van der Waals surface area (Å²) in [5.74, 6) is 0.343. The van der Waals surface area contributed by atoms with Crippen molar-refractivity contribution >= 4 is 11.6 Å². The molecular formula is C20H20F3N3O2. The Balaban J connectivity index is 1.48. The van der Waals surface area contributed by atoms with Crippen molar-refractivity contribution in [2.45, 2.75) is 25.9 Å². The molecule has 0 saturated heterocycles. The quantitative estimate of drug-likeness (QED) is 0.669. The lowest BCUT2D eigenvalue weighted by atomic mass is 10.2. The summed E-state index contributed by atoms with van der Waals surface area (Å²) in [6.07, 6.45) is -0.532. The first-order valence-corrected chi connectivity index (χ1v) is 8.88. The van der Waals surface area contributed by atoms with Gasteiger partial charge in [-0.3, -0.25) is 4.79 Å². The largest absolute Gasteiger partial charge is 0.484 e. The Bertz CT molecular complexity index is 949. The van der Waals surface area contributed by atoms with Crippen LogP contribution in [-0.2, 0) is 23.8 Å². The first-order chi connectivity index (χ1) is 13.3. The molecule has 0 aliphatic rings. The molecule has 0 atom stereocenters. The molecule has 8 heteroatoms. The minimum atomic E-state index is -4.40. The van der Waals surface area contributed by atoms with E-state index in [9.17, 15) is 18.0 Å². The van der Waals surface area contributed by atoms with Crippen LogP contribution in [0.25, 0.3) is 5.65 Å². The molecule has 1 aromatic carbocycles. The van der Waals surface area contributed by atoms with Gasteiger partial charge >= 0.3 is 6.18 Å². The third-order valence-corrected chi connectivity index (χ3v) is 4.23. The Kier molecular flexibility index (Phi) is 5.87. The summed E-state index contributed by atoms with van der Waals surface area (Å²) in [6, 6.07) is 9.85. The number of ether oxygens (including phenoxy) is 1. The highest BCUT2D eigenvalue weighted by molar-refractivity contribution is 5.77.